The molecule has 0 spiro atoms. The summed E-state index contributed by atoms with van der Waals surface area (Å²) in [5, 5.41) is 22.2. The molecule has 0 aliphatic carbocycles. The van der Waals surface area contributed by atoms with Crippen LogP contribution in [0, 0.1) is 0 Å². The summed E-state index contributed by atoms with van der Waals surface area (Å²) in [5.74, 6) is -2.97. The monoisotopic (exact) mass is 406 g/mol. The van der Waals surface area contributed by atoms with Gasteiger partial charge in [0.25, 0.3) is 0 Å². The summed E-state index contributed by atoms with van der Waals surface area (Å²) in [4.78, 5) is 49.1. The van der Waals surface area contributed by atoms with Crippen LogP contribution >= 0.6 is 0 Å². The number of aliphatic hydroxyl groups is 1. The number of carboxylic acids is 1. The fraction of sp³-hybridized carbons (Fsp3) is 0.474. The number of amides is 3. The molecule has 1 heterocycles. The normalized spacial score (nSPS) is 18.0. The van der Waals surface area contributed by atoms with Crippen LogP contribution in [0.4, 0.5) is 0 Å². The molecule has 3 amide bonds. The highest BCUT2D eigenvalue weighted by molar-refractivity contribution is 5.93. The number of hydrogen-bond donors (Lipinski definition) is 5. The van der Waals surface area contributed by atoms with Crippen LogP contribution in [0.25, 0.3) is 0 Å². The van der Waals surface area contributed by atoms with Gasteiger partial charge in [-0.05, 0) is 24.8 Å². The number of nitrogens with zero attached hydrogens (tertiary/aromatic N) is 1. The largest absolute Gasteiger partial charge is 0.480 e. The maximum absolute atomic E-state index is 12.7. The fourth-order valence-electron chi connectivity index (χ4n) is 3.19. The third-order valence-corrected chi connectivity index (χ3v) is 4.69. The Labute approximate surface area is 168 Å². The van der Waals surface area contributed by atoms with Gasteiger partial charge >= 0.3 is 5.97 Å². The van der Waals surface area contributed by atoms with E-state index in [1.54, 1.807) is 0 Å². The number of aliphatic carboxylic acids is 1. The van der Waals surface area contributed by atoms with Crippen molar-refractivity contribution in [2.45, 2.75) is 37.4 Å². The molecule has 0 aromatic heterocycles. The highest BCUT2D eigenvalue weighted by Crippen LogP contribution is 2.19. The molecule has 158 valence electrons. The van der Waals surface area contributed by atoms with Crippen LogP contribution in [-0.2, 0) is 25.6 Å². The molecule has 6 N–H and O–H groups in total. The standard InChI is InChI=1S/C19H26N4O6/c20-13(9-12-5-2-1-3-6-12)18(27)23-8-4-7-15(23)17(26)21-10-16(25)22-14(11-24)19(28)29/h1-3,5-6,13-15,24H,4,7-11,20H2,(H,21,26)(H,22,25)(H,28,29). The maximum Gasteiger partial charge on any atom is 0.328 e. The lowest BCUT2D eigenvalue weighted by Gasteiger charge is -2.26. The van der Waals surface area contributed by atoms with Crippen LogP contribution in [0.5, 0.6) is 0 Å². The topological polar surface area (TPSA) is 162 Å². The van der Waals surface area contributed by atoms with Crippen molar-refractivity contribution in [3.63, 3.8) is 0 Å². The van der Waals surface area contributed by atoms with Gasteiger partial charge in [-0.15, -0.1) is 0 Å². The van der Waals surface area contributed by atoms with Crippen molar-refractivity contribution in [3.8, 4) is 0 Å². The lowest BCUT2D eigenvalue weighted by molar-refractivity contribution is -0.143. The average molecular weight is 406 g/mol. The quantitative estimate of drug-likeness (QED) is 0.324. The number of benzene rings is 1. The first-order chi connectivity index (χ1) is 13.8. The Bertz CT molecular complexity index is 741. The first-order valence-electron chi connectivity index (χ1n) is 9.34. The summed E-state index contributed by atoms with van der Waals surface area (Å²) in [6.45, 7) is -0.826. The molecule has 29 heavy (non-hydrogen) atoms. The Kier molecular flexibility index (Phi) is 8.10. The van der Waals surface area contributed by atoms with Gasteiger partial charge in [-0.25, -0.2) is 4.79 Å². The maximum atomic E-state index is 12.7. The fourth-order valence-corrected chi connectivity index (χ4v) is 3.19. The number of rotatable bonds is 9. The molecule has 1 aromatic rings. The van der Waals surface area contributed by atoms with Gasteiger partial charge in [0.05, 0.1) is 19.2 Å². The number of likely N-dealkylation sites (tertiary alicyclic amines) is 1. The zero-order valence-electron chi connectivity index (χ0n) is 15.9. The third kappa shape index (κ3) is 6.26. The third-order valence-electron chi connectivity index (χ3n) is 4.69. The molecule has 0 saturated carbocycles. The van der Waals surface area contributed by atoms with Gasteiger partial charge in [0.1, 0.15) is 12.1 Å². The van der Waals surface area contributed by atoms with Crippen LogP contribution in [0.3, 0.4) is 0 Å². The van der Waals surface area contributed by atoms with Crippen LogP contribution in [0.1, 0.15) is 18.4 Å². The molecule has 1 fully saturated rings. The van der Waals surface area contributed by atoms with E-state index in [1.165, 1.54) is 4.90 Å². The molecule has 3 unspecified atom stereocenters. The van der Waals surface area contributed by atoms with Crippen molar-refractivity contribution in [2.24, 2.45) is 5.73 Å². The number of carboxylic acid groups (broad SMARTS) is 1. The molecule has 2 rings (SSSR count). The highest BCUT2D eigenvalue weighted by atomic mass is 16.4. The van der Waals surface area contributed by atoms with Crippen molar-refractivity contribution in [1.82, 2.24) is 15.5 Å². The zero-order valence-corrected chi connectivity index (χ0v) is 15.9. The van der Waals surface area contributed by atoms with E-state index in [0.29, 0.717) is 25.8 Å². The lowest BCUT2D eigenvalue weighted by Crippen LogP contribution is -2.53. The Hall–Kier alpha value is -2.98. The van der Waals surface area contributed by atoms with Crippen molar-refractivity contribution in [2.75, 3.05) is 19.7 Å². The van der Waals surface area contributed by atoms with Crippen molar-refractivity contribution in [3.05, 3.63) is 35.9 Å². The second-order valence-electron chi connectivity index (χ2n) is 6.84. The summed E-state index contributed by atoms with van der Waals surface area (Å²) in [7, 11) is 0. The molecule has 10 heteroatoms. The lowest BCUT2D eigenvalue weighted by atomic mass is 10.1. The smallest absolute Gasteiger partial charge is 0.328 e. The minimum absolute atomic E-state index is 0.331. The van der Waals surface area contributed by atoms with Crippen LogP contribution < -0.4 is 16.4 Å². The van der Waals surface area contributed by atoms with Gasteiger partial charge in [-0.3, -0.25) is 14.4 Å². The number of nitrogens with two attached hydrogens (primary N) is 1. The van der Waals surface area contributed by atoms with Gasteiger partial charge in [0, 0.05) is 6.54 Å². The van der Waals surface area contributed by atoms with Crippen molar-refractivity contribution >= 4 is 23.7 Å². The first kappa shape index (κ1) is 22.3. The van der Waals surface area contributed by atoms with Gasteiger partial charge in [0.2, 0.25) is 17.7 Å². The molecular formula is C19H26N4O6. The van der Waals surface area contributed by atoms with E-state index in [0.717, 1.165) is 5.56 Å². The number of carbonyl (C=O) groups is 4. The van der Waals surface area contributed by atoms with E-state index in [9.17, 15) is 19.2 Å². The minimum Gasteiger partial charge on any atom is -0.480 e. The van der Waals surface area contributed by atoms with E-state index in [4.69, 9.17) is 15.9 Å². The zero-order chi connectivity index (χ0) is 21.4. The number of aliphatic hydroxyl groups excluding tert-OH is 1. The van der Waals surface area contributed by atoms with Crippen LogP contribution in [0.15, 0.2) is 30.3 Å². The predicted octanol–water partition coefficient (Wildman–Crippen LogP) is -1.77. The second-order valence-corrected chi connectivity index (χ2v) is 6.84. The Morgan fingerprint density at radius 3 is 2.52 bits per heavy atom. The molecule has 1 aliphatic heterocycles. The summed E-state index contributed by atoms with van der Waals surface area (Å²) in [5.41, 5.74) is 6.96. The van der Waals surface area contributed by atoms with E-state index < -0.39 is 49.1 Å². The molecule has 3 atom stereocenters. The summed E-state index contributed by atoms with van der Waals surface area (Å²) in [6, 6.07) is 6.37. The van der Waals surface area contributed by atoms with Crippen molar-refractivity contribution in [1.29, 1.82) is 0 Å². The number of carbonyl (C=O) groups excluding carboxylic acids is 3. The minimum atomic E-state index is -1.44. The van der Waals surface area contributed by atoms with Crippen LogP contribution in [-0.4, -0.2) is 76.6 Å². The van der Waals surface area contributed by atoms with E-state index in [2.05, 4.69) is 10.6 Å². The Morgan fingerprint density at radius 1 is 1.21 bits per heavy atom. The SMILES string of the molecule is NC(Cc1ccccc1)C(=O)N1CCCC1C(=O)NCC(=O)NC(CO)C(=O)O. The van der Waals surface area contributed by atoms with E-state index in [-0.39, 0.29) is 5.91 Å². The second kappa shape index (κ2) is 10.5. The Morgan fingerprint density at radius 2 is 1.90 bits per heavy atom. The van der Waals surface area contributed by atoms with E-state index in [1.807, 2.05) is 30.3 Å². The highest BCUT2D eigenvalue weighted by Gasteiger charge is 2.36. The summed E-state index contributed by atoms with van der Waals surface area (Å²) < 4.78 is 0. The predicted molar refractivity (Wildman–Crippen MR) is 103 cm³/mol. The molecule has 0 bridgehead atoms. The summed E-state index contributed by atoms with van der Waals surface area (Å²) >= 11 is 0. The van der Waals surface area contributed by atoms with Crippen molar-refractivity contribution < 1.29 is 29.4 Å². The molecule has 10 nitrogen and oxygen atoms in total. The van der Waals surface area contributed by atoms with Gasteiger partial charge in [-0.2, -0.15) is 0 Å². The van der Waals surface area contributed by atoms with Gasteiger partial charge in [-0.1, -0.05) is 30.3 Å². The van der Waals surface area contributed by atoms with Gasteiger partial charge < -0.3 is 31.5 Å². The molecule has 0 radical (unpaired) electrons. The number of nitrogens with one attached hydrogen (secondary N) is 2. The molecule has 1 aromatic carbocycles. The average Bonchev–Trinajstić information content (AvgIpc) is 3.20. The Balaban J connectivity index is 1.88. The van der Waals surface area contributed by atoms with Gasteiger partial charge in [0.15, 0.2) is 0 Å². The first-order valence-corrected chi connectivity index (χ1v) is 9.34. The summed E-state index contributed by atoms with van der Waals surface area (Å²) in [6.07, 6.45) is 1.44. The molecular weight excluding hydrogens is 380 g/mol. The molecule has 1 aliphatic rings. The molecule has 1 saturated heterocycles. The van der Waals surface area contributed by atoms with Crippen LogP contribution in [0.2, 0.25) is 0 Å². The number of hydrogen-bond acceptors (Lipinski definition) is 6. The van der Waals surface area contributed by atoms with E-state index >= 15 is 0 Å².